The molecule has 5 atom stereocenters. The van der Waals surface area contributed by atoms with Crippen molar-refractivity contribution in [2.45, 2.75) is 56.8 Å². The Balaban J connectivity index is 1.44. The molecule has 1 fully saturated rings. The molecule has 10 heteroatoms. The normalized spacial score (nSPS) is 31.5. The van der Waals surface area contributed by atoms with Gasteiger partial charge >= 0.3 is 0 Å². The van der Waals surface area contributed by atoms with Crippen molar-refractivity contribution in [1.82, 2.24) is 5.32 Å². The van der Waals surface area contributed by atoms with Gasteiger partial charge in [0.1, 0.15) is 22.1 Å². The number of ketones is 1. The number of nitrogens with zero attached hydrogens (tertiary/aromatic N) is 2. The summed E-state index contributed by atoms with van der Waals surface area (Å²) in [6, 6.07) is 4.33. The lowest BCUT2D eigenvalue weighted by molar-refractivity contribution is -0.120. The highest BCUT2D eigenvalue weighted by Gasteiger charge is 2.47. The van der Waals surface area contributed by atoms with Crippen LogP contribution in [0.3, 0.4) is 0 Å². The minimum absolute atomic E-state index is 0.00117. The zero-order valence-corrected chi connectivity index (χ0v) is 21.0. The first-order chi connectivity index (χ1) is 15.0. The standard InChI is InChI=1S/C22H29N3O4S3/c1-11(26)22(4)10-32-20(25-22)21(2,3)17(29)14-8-31-19(23-14)15-9-30-18(24-15)13-7-12(27)5-6-16(13)28/h5-7,14-15,17,19,23,27-29H,8-10H2,1-4H3/t14?,15-,17-,19?,22-/m1/s1. The predicted octanol–water partition coefficient (Wildman–Crippen LogP) is 2.87. The van der Waals surface area contributed by atoms with Crippen molar-refractivity contribution in [2.75, 3.05) is 17.3 Å². The van der Waals surface area contributed by atoms with Crippen LogP contribution in [0.2, 0.25) is 0 Å². The SMILES string of the molecule is CC(=O)[C@@]1(C)CSC(C(C)(C)[C@H](O)C2CSC([C@H]3CSC(c4cc(O)ccc4O)=N3)N2)=N1. The minimum atomic E-state index is -0.707. The molecule has 3 heterocycles. The fraction of sp³-hybridized carbons (Fsp3) is 0.591. The van der Waals surface area contributed by atoms with Crippen molar-refractivity contribution in [2.24, 2.45) is 15.4 Å². The summed E-state index contributed by atoms with van der Waals surface area (Å²) in [6.07, 6.45) is -0.659. The number of rotatable bonds is 6. The van der Waals surface area contributed by atoms with Gasteiger partial charge in [0.2, 0.25) is 0 Å². The molecule has 0 aromatic heterocycles. The van der Waals surface area contributed by atoms with Crippen molar-refractivity contribution < 1.29 is 20.1 Å². The number of phenols is 2. The zero-order valence-electron chi connectivity index (χ0n) is 18.5. The van der Waals surface area contributed by atoms with E-state index in [9.17, 15) is 20.1 Å². The lowest BCUT2D eigenvalue weighted by Gasteiger charge is -2.34. The smallest absolute Gasteiger partial charge is 0.157 e. The number of carbonyl (C=O) groups excluding carboxylic acids is 1. The largest absolute Gasteiger partial charge is 0.508 e. The number of benzene rings is 1. The number of thioether (sulfide) groups is 3. The highest BCUT2D eigenvalue weighted by Crippen LogP contribution is 2.42. The number of carbonyl (C=O) groups is 1. The van der Waals surface area contributed by atoms with Crippen LogP contribution in [0.1, 0.15) is 33.3 Å². The second kappa shape index (κ2) is 8.87. The van der Waals surface area contributed by atoms with Crippen LogP contribution in [0.25, 0.3) is 0 Å². The Morgan fingerprint density at radius 2 is 2.03 bits per heavy atom. The minimum Gasteiger partial charge on any atom is -0.508 e. The lowest BCUT2D eigenvalue weighted by Crippen LogP contribution is -2.51. The van der Waals surface area contributed by atoms with Crippen LogP contribution in [0.15, 0.2) is 28.2 Å². The molecule has 0 amide bonds. The summed E-state index contributed by atoms with van der Waals surface area (Å²) in [5.74, 6) is 2.37. The van der Waals surface area contributed by atoms with Crippen molar-refractivity contribution in [3.05, 3.63) is 23.8 Å². The van der Waals surface area contributed by atoms with Gasteiger partial charge in [-0.1, -0.05) is 13.8 Å². The molecule has 0 saturated carbocycles. The molecular formula is C22H29N3O4S3. The molecule has 1 saturated heterocycles. The van der Waals surface area contributed by atoms with E-state index in [1.807, 2.05) is 20.8 Å². The van der Waals surface area contributed by atoms with E-state index < -0.39 is 17.1 Å². The summed E-state index contributed by atoms with van der Waals surface area (Å²) in [7, 11) is 0. The Bertz CT molecular complexity index is 983. The Morgan fingerprint density at radius 3 is 2.72 bits per heavy atom. The second-order valence-electron chi connectivity index (χ2n) is 9.24. The van der Waals surface area contributed by atoms with Gasteiger partial charge in [0.25, 0.3) is 0 Å². The van der Waals surface area contributed by atoms with E-state index in [-0.39, 0.29) is 34.7 Å². The molecule has 4 rings (SSSR count). The number of phenolic OH excluding ortho intramolecular Hbond substituents is 2. The van der Waals surface area contributed by atoms with E-state index in [4.69, 9.17) is 9.98 Å². The quantitative estimate of drug-likeness (QED) is 0.446. The highest BCUT2D eigenvalue weighted by molar-refractivity contribution is 8.15. The maximum atomic E-state index is 12.0. The van der Waals surface area contributed by atoms with Crippen LogP contribution in [-0.4, -0.2) is 77.5 Å². The lowest BCUT2D eigenvalue weighted by atomic mass is 9.83. The molecule has 7 nitrogen and oxygen atoms in total. The summed E-state index contributed by atoms with van der Waals surface area (Å²) in [5.41, 5.74) is -0.735. The van der Waals surface area contributed by atoms with Crippen molar-refractivity contribution in [3.8, 4) is 11.5 Å². The Labute approximate surface area is 201 Å². The van der Waals surface area contributed by atoms with Crippen LogP contribution in [0.5, 0.6) is 11.5 Å². The number of nitrogens with one attached hydrogen (secondary N) is 1. The molecule has 0 aliphatic carbocycles. The Kier molecular flexibility index (Phi) is 6.63. The molecule has 1 aromatic rings. The van der Waals surface area contributed by atoms with Crippen LogP contribution in [0, 0.1) is 5.41 Å². The average Bonchev–Trinajstić information content (AvgIpc) is 3.48. The summed E-state index contributed by atoms with van der Waals surface area (Å²) < 4.78 is 0. The van der Waals surface area contributed by atoms with E-state index in [1.165, 1.54) is 18.2 Å². The van der Waals surface area contributed by atoms with E-state index in [1.54, 1.807) is 42.2 Å². The monoisotopic (exact) mass is 495 g/mol. The van der Waals surface area contributed by atoms with Gasteiger partial charge in [0.15, 0.2) is 5.78 Å². The van der Waals surface area contributed by atoms with E-state index in [2.05, 4.69) is 5.32 Å². The van der Waals surface area contributed by atoms with Gasteiger partial charge in [-0.05, 0) is 32.0 Å². The van der Waals surface area contributed by atoms with E-state index in [0.717, 1.165) is 21.6 Å². The summed E-state index contributed by atoms with van der Waals surface area (Å²) in [6.45, 7) is 7.40. The number of hydrogen-bond acceptors (Lipinski definition) is 10. The maximum absolute atomic E-state index is 12.0. The average molecular weight is 496 g/mol. The fourth-order valence-corrected chi connectivity index (χ4v) is 7.98. The first-order valence-corrected chi connectivity index (χ1v) is 13.6. The van der Waals surface area contributed by atoms with Gasteiger partial charge in [-0.3, -0.25) is 20.1 Å². The number of aromatic hydroxyl groups is 2. The summed E-state index contributed by atoms with van der Waals surface area (Å²) >= 11 is 4.86. The van der Waals surface area contributed by atoms with Crippen molar-refractivity contribution in [3.63, 3.8) is 0 Å². The molecule has 0 spiro atoms. The molecule has 0 bridgehead atoms. The van der Waals surface area contributed by atoms with Gasteiger partial charge < -0.3 is 15.3 Å². The molecule has 2 unspecified atom stereocenters. The van der Waals surface area contributed by atoms with Gasteiger partial charge in [0.05, 0.1) is 28.1 Å². The van der Waals surface area contributed by atoms with Gasteiger partial charge in [0, 0.05) is 28.7 Å². The maximum Gasteiger partial charge on any atom is 0.157 e. The first kappa shape index (κ1) is 23.9. The molecule has 0 radical (unpaired) electrons. The number of hydrogen-bond donors (Lipinski definition) is 4. The number of aliphatic hydroxyl groups excluding tert-OH is 1. The third kappa shape index (κ3) is 4.44. The number of aliphatic imine (C=N–C) groups is 2. The number of aliphatic hydroxyl groups is 1. The van der Waals surface area contributed by atoms with Crippen LogP contribution in [-0.2, 0) is 4.79 Å². The molecule has 174 valence electrons. The van der Waals surface area contributed by atoms with Crippen LogP contribution in [0.4, 0.5) is 0 Å². The van der Waals surface area contributed by atoms with Crippen LogP contribution >= 0.6 is 35.3 Å². The third-order valence-electron chi connectivity index (χ3n) is 6.34. The van der Waals surface area contributed by atoms with Crippen LogP contribution < -0.4 is 5.32 Å². The van der Waals surface area contributed by atoms with E-state index >= 15 is 0 Å². The molecular weight excluding hydrogens is 466 g/mol. The zero-order chi connectivity index (χ0) is 23.3. The number of Topliss-reactive ketones (excluding diaryl/α,β-unsaturated/α-hetero) is 1. The molecule has 32 heavy (non-hydrogen) atoms. The molecule has 4 N–H and O–H groups in total. The molecule has 1 aromatic carbocycles. The topological polar surface area (TPSA) is 115 Å². The first-order valence-electron chi connectivity index (χ1n) is 10.5. The molecule has 3 aliphatic rings. The van der Waals surface area contributed by atoms with Crippen molar-refractivity contribution >= 4 is 51.2 Å². The van der Waals surface area contributed by atoms with Gasteiger partial charge in [-0.15, -0.1) is 35.3 Å². The highest BCUT2D eigenvalue weighted by atomic mass is 32.2. The third-order valence-corrected chi connectivity index (χ3v) is 10.4. The van der Waals surface area contributed by atoms with Crippen molar-refractivity contribution in [1.29, 1.82) is 0 Å². The van der Waals surface area contributed by atoms with Gasteiger partial charge in [-0.2, -0.15) is 0 Å². The van der Waals surface area contributed by atoms with Gasteiger partial charge in [-0.25, -0.2) is 0 Å². The Hall–Kier alpha value is -1.20. The van der Waals surface area contributed by atoms with E-state index in [0.29, 0.717) is 11.3 Å². The summed E-state index contributed by atoms with van der Waals surface area (Å²) in [4.78, 5) is 21.5. The fourth-order valence-electron chi connectivity index (χ4n) is 3.94. The predicted molar refractivity (Wildman–Crippen MR) is 134 cm³/mol. The summed E-state index contributed by atoms with van der Waals surface area (Å²) in [5, 5.41) is 36.3. The Morgan fingerprint density at radius 1 is 1.28 bits per heavy atom. The second-order valence-corrected chi connectivity index (χ2v) is 12.4. The molecule has 3 aliphatic heterocycles.